The molecule has 0 bridgehead atoms. The molecule has 0 saturated carbocycles. The Bertz CT molecular complexity index is 799. The number of nitrogens with one attached hydrogen (secondary N) is 1. The second-order valence-corrected chi connectivity index (χ2v) is 6.99. The van der Waals surface area contributed by atoms with E-state index < -0.39 is 0 Å². The van der Waals surface area contributed by atoms with Gasteiger partial charge in [0.2, 0.25) is 0 Å². The molecule has 0 aliphatic carbocycles. The van der Waals surface area contributed by atoms with Crippen molar-refractivity contribution >= 4 is 11.7 Å². The fourth-order valence-corrected chi connectivity index (χ4v) is 3.75. The van der Waals surface area contributed by atoms with Gasteiger partial charge in [-0.2, -0.15) is 5.10 Å². The van der Waals surface area contributed by atoms with Crippen LogP contribution in [0.2, 0.25) is 0 Å². The Morgan fingerprint density at radius 2 is 2.08 bits per heavy atom. The van der Waals surface area contributed by atoms with Crippen LogP contribution in [0.25, 0.3) is 11.1 Å². The number of nitrogens with two attached hydrogens (primary N) is 1. The van der Waals surface area contributed by atoms with Gasteiger partial charge >= 0.3 is 0 Å². The normalized spacial score (nSPS) is 23.4. The average Bonchev–Trinajstić information content (AvgIpc) is 3.36. The molecule has 2 aromatic rings. The van der Waals surface area contributed by atoms with Crippen LogP contribution in [0.3, 0.4) is 0 Å². The van der Waals surface area contributed by atoms with Gasteiger partial charge < -0.3 is 15.8 Å². The zero-order chi connectivity index (χ0) is 18.1. The van der Waals surface area contributed by atoms with Crippen molar-refractivity contribution in [2.75, 3.05) is 32.0 Å². The maximum atomic E-state index is 12.8. The summed E-state index contributed by atoms with van der Waals surface area (Å²) in [6.07, 6.45) is 7.70. The van der Waals surface area contributed by atoms with E-state index in [1.807, 2.05) is 13.2 Å². The third-order valence-electron chi connectivity index (χ3n) is 5.18. The number of aryl methyl sites for hydroxylation is 1. The van der Waals surface area contributed by atoms with Crippen LogP contribution < -0.4 is 11.1 Å². The van der Waals surface area contributed by atoms with Gasteiger partial charge in [-0.3, -0.25) is 14.4 Å². The van der Waals surface area contributed by atoms with Crippen LogP contribution in [-0.2, 0) is 11.8 Å². The van der Waals surface area contributed by atoms with Crippen molar-refractivity contribution in [3.63, 3.8) is 0 Å². The predicted molar refractivity (Wildman–Crippen MR) is 97.5 cm³/mol. The van der Waals surface area contributed by atoms with Crippen LogP contribution in [0, 0.1) is 0 Å². The van der Waals surface area contributed by atoms with Crippen molar-refractivity contribution < 1.29 is 9.53 Å². The second-order valence-electron chi connectivity index (χ2n) is 6.99. The summed E-state index contributed by atoms with van der Waals surface area (Å²) in [6.45, 7) is 3.33. The minimum absolute atomic E-state index is 0.0259. The zero-order valence-corrected chi connectivity index (χ0v) is 14.9. The molecule has 0 aromatic carbocycles. The molecule has 2 fully saturated rings. The van der Waals surface area contributed by atoms with Gasteiger partial charge in [0.15, 0.2) is 0 Å². The number of nitrogen functional groups attached to an aromatic ring is 1. The predicted octanol–water partition coefficient (Wildman–Crippen LogP) is 0.657. The van der Waals surface area contributed by atoms with Crippen LogP contribution in [0.5, 0.6) is 0 Å². The molecular formula is C18H24N6O2. The summed E-state index contributed by atoms with van der Waals surface area (Å²) in [5, 5.41) is 7.26. The maximum Gasteiger partial charge on any atom is 0.255 e. The molecule has 26 heavy (non-hydrogen) atoms. The van der Waals surface area contributed by atoms with Gasteiger partial charge in [0.1, 0.15) is 5.82 Å². The largest absolute Gasteiger partial charge is 0.383 e. The molecule has 0 spiro atoms. The van der Waals surface area contributed by atoms with Crippen molar-refractivity contribution in [2.45, 2.75) is 24.9 Å². The molecule has 1 unspecified atom stereocenters. The quantitative estimate of drug-likeness (QED) is 0.835. The SMILES string of the molecule is Cn1cc(-c2cnc(N)c(C(=O)NC3COC[C@@H]3N3CCCC3)c2)cn1. The van der Waals surface area contributed by atoms with E-state index >= 15 is 0 Å². The number of likely N-dealkylation sites (tertiary alicyclic amines) is 1. The van der Waals surface area contributed by atoms with Gasteiger partial charge in [0.25, 0.3) is 5.91 Å². The van der Waals surface area contributed by atoms with Crippen molar-refractivity contribution in [1.29, 1.82) is 0 Å². The van der Waals surface area contributed by atoms with Gasteiger partial charge in [-0.25, -0.2) is 4.98 Å². The molecule has 8 heteroatoms. The van der Waals surface area contributed by atoms with Crippen molar-refractivity contribution in [3.05, 3.63) is 30.2 Å². The Morgan fingerprint density at radius 1 is 1.27 bits per heavy atom. The molecule has 2 aliphatic heterocycles. The standard InChI is InChI=1S/C18H24N6O2/c1-23-9-13(8-21-23)12-6-14(17(19)20-7-12)18(25)22-15-10-26-11-16(15)24-4-2-3-5-24/h6-9,15-16H,2-5,10-11H2,1H3,(H2,19,20)(H,22,25)/t15?,16-/m0/s1. The van der Waals surface area contributed by atoms with Crippen LogP contribution >= 0.6 is 0 Å². The fourth-order valence-electron chi connectivity index (χ4n) is 3.75. The number of ether oxygens (including phenoxy) is 1. The maximum absolute atomic E-state index is 12.8. The summed E-state index contributed by atoms with van der Waals surface area (Å²) in [7, 11) is 1.85. The van der Waals surface area contributed by atoms with E-state index in [4.69, 9.17) is 10.5 Å². The van der Waals surface area contributed by atoms with Crippen molar-refractivity contribution in [2.24, 2.45) is 7.05 Å². The third kappa shape index (κ3) is 3.30. The first-order valence-electron chi connectivity index (χ1n) is 8.99. The molecule has 0 radical (unpaired) electrons. The Hall–Kier alpha value is -2.45. The fraction of sp³-hybridized carbons (Fsp3) is 0.500. The first kappa shape index (κ1) is 17.0. The molecule has 8 nitrogen and oxygen atoms in total. The minimum atomic E-state index is -0.208. The zero-order valence-electron chi connectivity index (χ0n) is 14.9. The second kappa shape index (κ2) is 7.05. The summed E-state index contributed by atoms with van der Waals surface area (Å²) >= 11 is 0. The summed E-state index contributed by atoms with van der Waals surface area (Å²) in [4.78, 5) is 19.4. The highest BCUT2D eigenvalue weighted by Gasteiger charge is 2.35. The number of hydrogen-bond donors (Lipinski definition) is 2. The highest BCUT2D eigenvalue weighted by molar-refractivity contribution is 5.99. The van der Waals surface area contributed by atoms with E-state index in [2.05, 4.69) is 20.3 Å². The molecule has 1 amide bonds. The minimum Gasteiger partial charge on any atom is -0.383 e. The Labute approximate surface area is 152 Å². The van der Waals surface area contributed by atoms with E-state index in [0.29, 0.717) is 18.8 Å². The summed E-state index contributed by atoms with van der Waals surface area (Å²) < 4.78 is 7.34. The summed E-state index contributed by atoms with van der Waals surface area (Å²) in [6, 6.07) is 1.98. The van der Waals surface area contributed by atoms with Crippen molar-refractivity contribution in [1.82, 2.24) is 25.0 Å². The molecule has 2 saturated heterocycles. The molecule has 2 aromatic heterocycles. The first-order valence-corrected chi connectivity index (χ1v) is 8.99. The number of nitrogens with zero attached hydrogens (tertiary/aromatic N) is 4. The van der Waals surface area contributed by atoms with E-state index in [0.717, 1.165) is 24.2 Å². The molecular weight excluding hydrogens is 332 g/mol. The number of aromatic nitrogens is 3. The Morgan fingerprint density at radius 3 is 2.81 bits per heavy atom. The number of pyridine rings is 1. The number of rotatable bonds is 4. The van der Waals surface area contributed by atoms with Gasteiger partial charge in [-0.05, 0) is 32.0 Å². The lowest BCUT2D eigenvalue weighted by atomic mass is 10.1. The van der Waals surface area contributed by atoms with Crippen LogP contribution in [0.1, 0.15) is 23.2 Å². The number of anilines is 1. The van der Waals surface area contributed by atoms with Crippen molar-refractivity contribution in [3.8, 4) is 11.1 Å². The smallest absolute Gasteiger partial charge is 0.255 e. The topological polar surface area (TPSA) is 98.3 Å². The van der Waals surface area contributed by atoms with Crippen LogP contribution in [0.15, 0.2) is 24.7 Å². The summed E-state index contributed by atoms with van der Waals surface area (Å²) in [5.74, 6) is 0.0206. The van der Waals surface area contributed by atoms with E-state index in [1.165, 1.54) is 12.8 Å². The van der Waals surface area contributed by atoms with Gasteiger partial charge in [0.05, 0.1) is 37.1 Å². The van der Waals surface area contributed by atoms with Crippen LogP contribution in [0.4, 0.5) is 5.82 Å². The highest BCUT2D eigenvalue weighted by atomic mass is 16.5. The number of carbonyl (C=O) groups excluding carboxylic acids is 1. The van der Waals surface area contributed by atoms with Gasteiger partial charge in [-0.1, -0.05) is 0 Å². The first-order chi connectivity index (χ1) is 12.6. The Kier molecular flexibility index (Phi) is 4.60. The molecule has 4 rings (SSSR count). The van der Waals surface area contributed by atoms with E-state index in [-0.39, 0.29) is 23.8 Å². The number of amides is 1. The van der Waals surface area contributed by atoms with Crippen LogP contribution in [-0.4, -0.2) is 64.0 Å². The molecule has 3 N–H and O–H groups in total. The lowest BCUT2D eigenvalue weighted by Gasteiger charge is -2.28. The lowest BCUT2D eigenvalue weighted by Crippen LogP contribution is -2.50. The number of hydrogen-bond acceptors (Lipinski definition) is 6. The van der Waals surface area contributed by atoms with E-state index in [9.17, 15) is 4.79 Å². The monoisotopic (exact) mass is 356 g/mol. The molecule has 2 aliphatic rings. The van der Waals surface area contributed by atoms with E-state index in [1.54, 1.807) is 23.1 Å². The number of carbonyl (C=O) groups is 1. The van der Waals surface area contributed by atoms with Gasteiger partial charge in [-0.15, -0.1) is 0 Å². The summed E-state index contributed by atoms with van der Waals surface area (Å²) in [5.41, 5.74) is 8.07. The average molecular weight is 356 g/mol. The third-order valence-corrected chi connectivity index (χ3v) is 5.18. The highest BCUT2D eigenvalue weighted by Crippen LogP contribution is 2.23. The molecule has 4 heterocycles. The lowest BCUT2D eigenvalue weighted by molar-refractivity contribution is 0.0917. The van der Waals surface area contributed by atoms with Gasteiger partial charge in [0, 0.05) is 30.6 Å². The molecule has 138 valence electrons. The molecule has 2 atom stereocenters. The Balaban J connectivity index is 1.52.